The van der Waals surface area contributed by atoms with Crippen molar-refractivity contribution in [2.45, 2.75) is 18.8 Å². The van der Waals surface area contributed by atoms with E-state index in [9.17, 15) is 0 Å². The fraction of sp³-hybridized carbons (Fsp3) is 0.250. The first-order valence-electron chi connectivity index (χ1n) is 5.13. The second-order valence-electron chi connectivity index (χ2n) is 3.89. The summed E-state index contributed by atoms with van der Waals surface area (Å²) in [6.45, 7) is 0. The Morgan fingerprint density at radius 1 is 1.33 bits per heavy atom. The molecule has 2 aromatic rings. The second-order valence-corrected chi connectivity index (χ2v) is 3.89. The molecule has 1 aliphatic carbocycles. The van der Waals surface area contributed by atoms with Crippen molar-refractivity contribution in [3.05, 3.63) is 47.3 Å². The fourth-order valence-corrected chi connectivity index (χ4v) is 2.31. The van der Waals surface area contributed by atoms with Gasteiger partial charge in [0, 0.05) is 5.92 Å². The van der Waals surface area contributed by atoms with Crippen LogP contribution in [0.15, 0.2) is 34.9 Å². The smallest absolute Gasteiger partial charge is 0.292 e. The first-order chi connectivity index (χ1) is 7.34. The summed E-state index contributed by atoms with van der Waals surface area (Å²) in [6, 6.07) is 8.74. The Morgan fingerprint density at radius 2 is 2.20 bits per heavy atom. The average molecular weight is 200 g/mol. The maximum absolute atomic E-state index is 5.49. The van der Waals surface area contributed by atoms with E-state index in [1.54, 1.807) is 6.20 Å². The van der Waals surface area contributed by atoms with Crippen LogP contribution in [0.3, 0.4) is 0 Å². The van der Waals surface area contributed by atoms with Gasteiger partial charge in [-0.1, -0.05) is 24.3 Å². The van der Waals surface area contributed by atoms with Crippen LogP contribution < -0.4 is 5.73 Å². The van der Waals surface area contributed by atoms with Crippen LogP contribution >= 0.6 is 0 Å². The van der Waals surface area contributed by atoms with Gasteiger partial charge in [-0.05, 0) is 24.0 Å². The van der Waals surface area contributed by atoms with Gasteiger partial charge in [0.05, 0.1) is 6.20 Å². The van der Waals surface area contributed by atoms with Crippen molar-refractivity contribution in [1.29, 1.82) is 0 Å². The molecular weight excluding hydrogens is 188 g/mol. The average Bonchev–Trinajstić information content (AvgIpc) is 2.83. The molecule has 0 amide bonds. The van der Waals surface area contributed by atoms with E-state index in [1.807, 2.05) is 0 Å². The van der Waals surface area contributed by atoms with Gasteiger partial charge in [-0.25, -0.2) is 4.98 Å². The molecule has 0 fully saturated rings. The third-order valence-electron chi connectivity index (χ3n) is 3.02. The number of nitrogens with two attached hydrogens (primary N) is 1. The molecule has 2 N–H and O–H groups in total. The van der Waals surface area contributed by atoms with Gasteiger partial charge in [0.25, 0.3) is 6.01 Å². The normalized spacial score (nSPS) is 19.1. The van der Waals surface area contributed by atoms with E-state index in [1.165, 1.54) is 11.1 Å². The number of rotatable bonds is 1. The van der Waals surface area contributed by atoms with Crippen LogP contribution in [0, 0.1) is 0 Å². The highest BCUT2D eigenvalue weighted by Crippen LogP contribution is 2.38. The Balaban J connectivity index is 2.04. The molecule has 15 heavy (non-hydrogen) atoms. The molecule has 1 unspecified atom stereocenters. The van der Waals surface area contributed by atoms with Gasteiger partial charge in [-0.2, -0.15) is 0 Å². The van der Waals surface area contributed by atoms with Crippen LogP contribution in [-0.4, -0.2) is 4.98 Å². The van der Waals surface area contributed by atoms with Crippen LogP contribution in [0.25, 0.3) is 0 Å². The lowest BCUT2D eigenvalue weighted by atomic mass is 9.99. The monoisotopic (exact) mass is 200 g/mol. The summed E-state index contributed by atoms with van der Waals surface area (Å²) in [4.78, 5) is 3.95. The highest BCUT2D eigenvalue weighted by molar-refractivity contribution is 5.39. The molecule has 1 heterocycles. The minimum absolute atomic E-state index is 0.259. The van der Waals surface area contributed by atoms with E-state index in [2.05, 4.69) is 29.2 Å². The largest absolute Gasteiger partial charge is 0.428 e. The third-order valence-corrected chi connectivity index (χ3v) is 3.02. The van der Waals surface area contributed by atoms with Crippen molar-refractivity contribution < 1.29 is 4.42 Å². The van der Waals surface area contributed by atoms with Gasteiger partial charge in [-0.3, -0.25) is 0 Å². The summed E-state index contributed by atoms with van der Waals surface area (Å²) < 4.78 is 5.39. The van der Waals surface area contributed by atoms with Gasteiger partial charge in [0.15, 0.2) is 0 Å². The molecule has 0 aliphatic heterocycles. The van der Waals surface area contributed by atoms with Crippen LogP contribution in [0.5, 0.6) is 0 Å². The van der Waals surface area contributed by atoms with E-state index < -0.39 is 0 Å². The summed E-state index contributed by atoms with van der Waals surface area (Å²) in [5.41, 5.74) is 8.26. The van der Waals surface area contributed by atoms with Crippen molar-refractivity contribution in [2.24, 2.45) is 0 Å². The standard InChI is InChI=1S/C12H12N2O/c13-12-14-7-11(15-12)10-6-5-8-3-1-2-4-9(8)10/h1-4,7,10H,5-6H2,(H2,13,14). The highest BCUT2D eigenvalue weighted by atomic mass is 16.4. The number of fused-ring (bicyclic) bond motifs is 1. The van der Waals surface area contributed by atoms with E-state index >= 15 is 0 Å². The van der Waals surface area contributed by atoms with Gasteiger partial charge in [0.2, 0.25) is 0 Å². The number of hydrogen-bond acceptors (Lipinski definition) is 3. The van der Waals surface area contributed by atoms with Gasteiger partial charge in [-0.15, -0.1) is 0 Å². The molecule has 0 saturated carbocycles. The summed E-state index contributed by atoms with van der Waals surface area (Å²) in [6.07, 6.45) is 3.94. The van der Waals surface area contributed by atoms with Crippen molar-refractivity contribution in [2.75, 3.05) is 5.73 Å². The number of aromatic nitrogens is 1. The van der Waals surface area contributed by atoms with Crippen LogP contribution in [0.4, 0.5) is 6.01 Å². The van der Waals surface area contributed by atoms with Crippen LogP contribution in [0.2, 0.25) is 0 Å². The summed E-state index contributed by atoms with van der Waals surface area (Å²) >= 11 is 0. The molecule has 1 aromatic heterocycles. The fourth-order valence-electron chi connectivity index (χ4n) is 2.31. The molecule has 3 nitrogen and oxygen atoms in total. The van der Waals surface area contributed by atoms with E-state index in [0.29, 0.717) is 5.92 Å². The zero-order chi connectivity index (χ0) is 10.3. The quantitative estimate of drug-likeness (QED) is 0.768. The molecule has 0 spiro atoms. The Hall–Kier alpha value is -1.77. The molecule has 3 rings (SSSR count). The molecule has 76 valence electrons. The number of aryl methyl sites for hydroxylation is 1. The second kappa shape index (κ2) is 3.12. The molecule has 3 heteroatoms. The van der Waals surface area contributed by atoms with Crippen LogP contribution in [-0.2, 0) is 6.42 Å². The van der Waals surface area contributed by atoms with E-state index in [0.717, 1.165) is 18.6 Å². The van der Waals surface area contributed by atoms with Crippen LogP contribution in [0.1, 0.15) is 29.2 Å². The Labute approximate surface area is 87.9 Å². The molecule has 0 saturated heterocycles. The summed E-state index contributed by atoms with van der Waals surface area (Å²) in [5, 5.41) is 0. The Kier molecular flexibility index (Phi) is 1.78. The maximum atomic E-state index is 5.49. The first-order valence-corrected chi connectivity index (χ1v) is 5.13. The number of hydrogen-bond donors (Lipinski definition) is 1. The van der Waals surface area contributed by atoms with E-state index in [-0.39, 0.29) is 6.01 Å². The van der Waals surface area contributed by atoms with Crippen molar-refractivity contribution >= 4 is 6.01 Å². The third kappa shape index (κ3) is 1.31. The van der Waals surface area contributed by atoms with Gasteiger partial charge < -0.3 is 10.2 Å². The molecule has 1 aliphatic rings. The number of benzene rings is 1. The molecule has 1 atom stereocenters. The zero-order valence-electron chi connectivity index (χ0n) is 8.31. The number of oxazole rings is 1. The number of nitrogen functional groups attached to an aromatic ring is 1. The molecular formula is C12H12N2O. The van der Waals surface area contributed by atoms with Crippen molar-refractivity contribution in [3.8, 4) is 0 Å². The molecule has 0 radical (unpaired) electrons. The Morgan fingerprint density at radius 3 is 3.00 bits per heavy atom. The summed E-state index contributed by atoms with van der Waals surface area (Å²) in [5.74, 6) is 1.23. The number of nitrogens with zero attached hydrogens (tertiary/aromatic N) is 1. The first kappa shape index (κ1) is 8.53. The predicted molar refractivity (Wildman–Crippen MR) is 57.5 cm³/mol. The van der Waals surface area contributed by atoms with Crippen molar-refractivity contribution in [1.82, 2.24) is 4.98 Å². The number of anilines is 1. The lowest BCUT2D eigenvalue weighted by Crippen LogP contribution is -1.93. The topological polar surface area (TPSA) is 52.0 Å². The SMILES string of the molecule is Nc1ncc(C2CCc3ccccc32)o1. The maximum Gasteiger partial charge on any atom is 0.292 e. The minimum atomic E-state index is 0.259. The molecule has 0 bridgehead atoms. The Bertz CT molecular complexity index is 490. The predicted octanol–water partition coefficient (Wildman–Crippen LogP) is 2.33. The van der Waals surface area contributed by atoms with Gasteiger partial charge >= 0.3 is 0 Å². The highest BCUT2D eigenvalue weighted by Gasteiger charge is 2.26. The van der Waals surface area contributed by atoms with Crippen molar-refractivity contribution in [3.63, 3.8) is 0 Å². The minimum Gasteiger partial charge on any atom is -0.428 e. The van der Waals surface area contributed by atoms with E-state index in [4.69, 9.17) is 10.2 Å². The summed E-state index contributed by atoms with van der Waals surface area (Å²) in [7, 11) is 0. The van der Waals surface area contributed by atoms with Gasteiger partial charge in [0.1, 0.15) is 5.76 Å². The molecule has 1 aromatic carbocycles. The zero-order valence-corrected chi connectivity index (χ0v) is 8.31. The lowest BCUT2D eigenvalue weighted by molar-refractivity contribution is 0.496. The lowest BCUT2D eigenvalue weighted by Gasteiger charge is -2.06.